The first-order valence-electron chi connectivity index (χ1n) is 4.90. The summed E-state index contributed by atoms with van der Waals surface area (Å²) in [5, 5.41) is 13.7. The molecule has 8 nitrogen and oxygen atoms in total. The lowest BCUT2D eigenvalue weighted by Crippen LogP contribution is -2.32. The molecule has 0 saturated heterocycles. The SMILES string of the molecule is C/C(=N\NC(=S)N(C)C)c1c(O)[nH]c(=O)[nH]c1=O. The van der Waals surface area contributed by atoms with Crippen LogP contribution >= 0.6 is 12.2 Å². The number of rotatable bonds is 2. The fourth-order valence-electron chi connectivity index (χ4n) is 1.10. The van der Waals surface area contributed by atoms with E-state index in [1.165, 1.54) is 6.92 Å². The smallest absolute Gasteiger partial charge is 0.328 e. The second-order valence-corrected chi connectivity index (χ2v) is 4.03. The normalized spacial score (nSPS) is 11.2. The van der Waals surface area contributed by atoms with E-state index in [0.717, 1.165) is 0 Å². The molecule has 1 heterocycles. The summed E-state index contributed by atoms with van der Waals surface area (Å²) >= 11 is 4.93. The van der Waals surface area contributed by atoms with Crippen LogP contribution in [-0.2, 0) is 0 Å². The summed E-state index contributed by atoms with van der Waals surface area (Å²) in [6.45, 7) is 1.49. The van der Waals surface area contributed by atoms with Gasteiger partial charge in [0.2, 0.25) is 5.88 Å². The highest BCUT2D eigenvalue weighted by Crippen LogP contribution is 2.05. The predicted molar refractivity (Wildman–Crippen MR) is 71.0 cm³/mol. The van der Waals surface area contributed by atoms with E-state index in [2.05, 4.69) is 15.5 Å². The maximum absolute atomic E-state index is 11.5. The van der Waals surface area contributed by atoms with Gasteiger partial charge in [-0.2, -0.15) is 5.10 Å². The highest BCUT2D eigenvalue weighted by molar-refractivity contribution is 7.80. The van der Waals surface area contributed by atoms with Gasteiger partial charge in [-0.15, -0.1) is 0 Å². The molecule has 0 unspecified atom stereocenters. The zero-order chi connectivity index (χ0) is 13.9. The molecule has 0 amide bonds. The van der Waals surface area contributed by atoms with Crippen molar-refractivity contribution < 1.29 is 5.11 Å². The van der Waals surface area contributed by atoms with Gasteiger partial charge in [-0.05, 0) is 19.1 Å². The first kappa shape index (κ1) is 13.9. The molecule has 0 fully saturated rings. The van der Waals surface area contributed by atoms with E-state index in [1.54, 1.807) is 19.0 Å². The molecular formula is C9H13N5O3S. The molecule has 0 aromatic carbocycles. The van der Waals surface area contributed by atoms with Gasteiger partial charge in [0, 0.05) is 14.1 Å². The van der Waals surface area contributed by atoms with Gasteiger partial charge in [0.25, 0.3) is 5.56 Å². The Bertz CT molecular complexity index is 601. The van der Waals surface area contributed by atoms with Gasteiger partial charge in [-0.3, -0.25) is 20.2 Å². The minimum atomic E-state index is -0.786. The minimum Gasteiger partial charge on any atom is -0.494 e. The number of hydrogen-bond donors (Lipinski definition) is 4. The van der Waals surface area contributed by atoms with Crippen molar-refractivity contribution >= 4 is 23.0 Å². The Morgan fingerprint density at radius 1 is 1.39 bits per heavy atom. The number of H-pyrrole nitrogens is 2. The second-order valence-electron chi connectivity index (χ2n) is 3.64. The molecule has 0 aliphatic rings. The average Bonchev–Trinajstić information content (AvgIpc) is 2.24. The van der Waals surface area contributed by atoms with E-state index in [9.17, 15) is 14.7 Å². The first-order chi connectivity index (χ1) is 8.32. The molecule has 0 aliphatic heterocycles. The Balaban J connectivity index is 3.08. The zero-order valence-electron chi connectivity index (χ0n) is 10.1. The minimum absolute atomic E-state index is 0.122. The Labute approximate surface area is 107 Å². The number of aromatic amines is 2. The van der Waals surface area contributed by atoms with Crippen molar-refractivity contribution in [3.63, 3.8) is 0 Å². The number of thiocarbonyl (C=S) groups is 1. The predicted octanol–water partition coefficient (Wildman–Crippen LogP) is -1.07. The van der Waals surface area contributed by atoms with Crippen molar-refractivity contribution in [2.45, 2.75) is 6.92 Å². The Morgan fingerprint density at radius 2 is 2.00 bits per heavy atom. The van der Waals surface area contributed by atoms with Crippen molar-refractivity contribution in [3.8, 4) is 5.88 Å². The lowest BCUT2D eigenvalue weighted by Gasteiger charge is -2.12. The van der Waals surface area contributed by atoms with Crippen molar-refractivity contribution in [1.29, 1.82) is 0 Å². The lowest BCUT2D eigenvalue weighted by molar-refractivity contribution is 0.447. The van der Waals surface area contributed by atoms with Crippen LogP contribution in [0.4, 0.5) is 0 Å². The van der Waals surface area contributed by atoms with E-state index in [1.807, 2.05) is 4.98 Å². The van der Waals surface area contributed by atoms with Gasteiger partial charge >= 0.3 is 5.69 Å². The number of nitrogens with zero attached hydrogens (tertiary/aromatic N) is 2. The van der Waals surface area contributed by atoms with Gasteiger partial charge in [0.05, 0.1) is 5.71 Å². The molecule has 98 valence electrons. The van der Waals surface area contributed by atoms with Crippen molar-refractivity contribution in [1.82, 2.24) is 20.3 Å². The van der Waals surface area contributed by atoms with Crippen LogP contribution < -0.4 is 16.7 Å². The molecule has 0 atom stereocenters. The van der Waals surface area contributed by atoms with Crippen LogP contribution in [-0.4, -0.2) is 44.9 Å². The van der Waals surface area contributed by atoms with E-state index in [4.69, 9.17) is 12.2 Å². The highest BCUT2D eigenvalue weighted by Gasteiger charge is 2.11. The summed E-state index contributed by atoms with van der Waals surface area (Å²) in [5.74, 6) is -0.539. The number of hydrazone groups is 1. The summed E-state index contributed by atoms with van der Waals surface area (Å²) in [7, 11) is 3.45. The standard InChI is InChI=1S/C9H13N5O3S/c1-4(12-13-9(18)14(2)3)5-6(15)10-8(17)11-7(5)16/h1-3H3,(H,13,18)(H3,10,11,15,16,17)/b12-4+. The number of hydrogen-bond acceptors (Lipinski definition) is 5. The third-order valence-corrected chi connectivity index (χ3v) is 2.47. The van der Waals surface area contributed by atoms with E-state index < -0.39 is 17.1 Å². The third kappa shape index (κ3) is 3.17. The molecular weight excluding hydrogens is 258 g/mol. The first-order valence-corrected chi connectivity index (χ1v) is 5.31. The van der Waals surface area contributed by atoms with Crippen molar-refractivity contribution in [3.05, 3.63) is 26.4 Å². The summed E-state index contributed by atoms with van der Waals surface area (Å²) in [5.41, 5.74) is 1.09. The number of aromatic hydroxyl groups is 1. The molecule has 4 N–H and O–H groups in total. The van der Waals surface area contributed by atoms with Crippen molar-refractivity contribution in [2.24, 2.45) is 5.10 Å². The maximum Gasteiger partial charge on any atom is 0.328 e. The highest BCUT2D eigenvalue weighted by atomic mass is 32.1. The molecule has 9 heteroatoms. The summed E-state index contributed by atoms with van der Waals surface area (Å²) in [6, 6.07) is 0. The van der Waals surface area contributed by atoms with Gasteiger partial charge in [-0.1, -0.05) is 0 Å². The quantitative estimate of drug-likeness (QED) is 0.309. The third-order valence-electron chi connectivity index (χ3n) is 2.01. The molecule has 0 bridgehead atoms. The van der Waals surface area contributed by atoms with Crippen LogP contribution in [0.2, 0.25) is 0 Å². The molecule has 1 rings (SSSR count). The molecule has 0 aliphatic carbocycles. The number of nitrogens with one attached hydrogen (secondary N) is 3. The van der Waals surface area contributed by atoms with Gasteiger partial charge in [0.15, 0.2) is 5.11 Å². The lowest BCUT2D eigenvalue weighted by atomic mass is 10.2. The van der Waals surface area contributed by atoms with Crippen LogP contribution in [0, 0.1) is 0 Å². The van der Waals surface area contributed by atoms with Crippen molar-refractivity contribution in [2.75, 3.05) is 14.1 Å². The molecule has 0 saturated carbocycles. The Hall–Kier alpha value is -2.16. The maximum atomic E-state index is 11.5. The molecule has 1 aromatic rings. The van der Waals surface area contributed by atoms with E-state index in [0.29, 0.717) is 5.11 Å². The van der Waals surface area contributed by atoms with Gasteiger partial charge < -0.3 is 10.0 Å². The molecule has 0 spiro atoms. The summed E-state index contributed by atoms with van der Waals surface area (Å²) < 4.78 is 0. The fourth-order valence-corrected chi connectivity index (χ4v) is 1.14. The number of aromatic nitrogens is 2. The van der Waals surface area contributed by atoms with Crippen LogP contribution in [0.25, 0.3) is 0 Å². The molecule has 1 aromatic heterocycles. The summed E-state index contributed by atoms with van der Waals surface area (Å²) in [6.07, 6.45) is 0. The Morgan fingerprint density at radius 3 is 2.50 bits per heavy atom. The molecule has 18 heavy (non-hydrogen) atoms. The van der Waals surface area contributed by atoms with Crippen LogP contribution in [0.15, 0.2) is 14.7 Å². The average molecular weight is 271 g/mol. The summed E-state index contributed by atoms with van der Waals surface area (Å²) in [4.78, 5) is 28.1. The molecule has 0 radical (unpaired) electrons. The van der Waals surface area contributed by atoms with Crippen LogP contribution in [0.3, 0.4) is 0 Å². The van der Waals surface area contributed by atoms with E-state index in [-0.39, 0.29) is 11.3 Å². The largest absolute Gasteiger partial charge is 0.494 e. The monoisotopic (exact) mass is 271 g/mol. The Kier molecular flexibility index (Phi) is 4.21. The fraction of sp³-hybridized carbons (Fsp3) is 0.333. The topological polar surface area (TPSA) is 114 Å². The second kappa shape index (κ2) is 5.45. The van der Waals surface area contributed by atoms with Crippen LogP contribution in [0.1, 0.15) is 12.5 Å². The van der Waals surface area contributed by atoms with E-state index >= 15 is 0 Å². The van der Waals surface area contributed by atoms with Crippen LogP contribution in [0.5, 0.6) is 5.88 Å². The van der Waals surface area contributed by atoms with Gasteiger partial charge in [0.1, 0.15) is 5.56 Å². The zero-order valence-corrected chi connectivity index (χ0v) is 10.9. The van der Waals surface area contributed by atoms with Gasteiger partial charge in [-0.25, -0.2) is 4.79 Å².